The lowest BCUT2D eigenvalue weighted by Crippen LogP contribution is -2.58. The number of rotatable bonds is 6. The molecule has 1 atom stereocenters. The zero-order valence-corrected chi connectivity index (χ0v) is 20.6. The van der Waals surface area contributed by atoms with E-state index in [1.54, 1.807) is 4.90 Å². The number of para-hydroxylation sites is 1. The lowest BCUT2D eigenvalue weighted by molar-refractivity contribution is -0.142. The van der Waals surface area contributed by atoms with E-state index >= 15 is 0 Å². The summed E-state index contributed by atoms with van der Waals surface area (Å²) in [5, 5.41) is 2.95. The molecule has 5 rings (SSSR count). The molecule has 4 fully saturated rings. The molecular formula is C27H38N4O4. The number of hydrogen-bond donors (Lipinski definition) is 1. The largest absolute Gasteiger partial charge is 0.376 e. The van der Waals surface area contributed by atoms with Crippen LogP contribution in [0.4, 0.5) is 5.69 Å². The Labute approximate surface area is 207 Å². The number of nitrogens with zero attached hydrogens (tertiary/aromatic N) is 3. The van der Waals surface area contributed by atoms with Gasteiger partial charge in [0.15, 0.2) is 0 Å². The lowest BCUT2D eigenvalue weighted by atomic mass is 9.83. The Kier molecular flexibility index (Phi) is 7.27. The predicted molar refractivity (Wildman–Crippen MR) is 133 cm³/mol. The van der Waals surface area contributed by atoms with Crippen LogP contribution in [0.15, 0.2) is 30.3 Å². The fraction of sp³-hybridized carbons (Fsp3) is 0.667. The number of amides is 3. The topological polar surface area (TPSA) is 82.2 Å². The highest BCUT2D eigenvalue weighted by Gasteiger charge is 2.54. The highest BCUT2D eigenvalue weighted by molar-refractivity contribution is 5.96. The summed E-state index contributed by atoms with van der Waals surface area (Å²) in [6.45, 7) is 2.84. The quantitative estimate of drug-likeness (QED) is 0.674. The number of likely N-dealkylation sites (tertiary alicyclic amines) is 1. The van der Waals surface area contributed by atoms with Gasteiger partial charge in [0.05, 0.1) is 12.8 Å². The standard InChI is InChI=1S/C27H38N4O4/c32-24(28-18-23-12-7-17-35-23)19-30-20-31(22-10-5-2-6-11-22)27(26(30)34)13-15-29(16-14-27)25(33)21-8-3-1-4-9-21/h2,5-6,10-11,21,23H,1,3-4,7-9,12-20H2,(H,28,32). The first-order valence-electron chi connectivity index (χ1n) is 13.4. The van der Waals surface area contributed by atoms with E-state index in [2.05, 4.69) is 10.2 Å². The molecule has 0 radical (unpaired) electrons. The molecule has 1 saturated carbocycles. The van der Waals surface area contributed by atoms with Crippen molar-refractivity contribution in [2.24, 2.45) is 5.92 Å². The summed E-state index contributed by atoms with van der Waals surface area (Å²) in [4.78, 5) is 45.5. The highest BCUT2D eigenvalue weighted by atomic mass is 16.5. The molecule has 1 unspecified atom stereocenters. The SMILES string of the molecule is O=C(CN1CN(c2ccccc2)C2(CCN(C(=O)C3CCCCC3)CC2)C1=O)NCC1CCCO1. The first-order valence-corrected chi connectivity index (χ1v) is 13.4. The summed E-state index contributed by atoms with van der Waals surface area (Å²) >= 11 is 0. The van der Waals surface area contributed by atoms with Gasteiger partial charge in [-0.1, -0.05) is 37.5 Å². The molecule has 8 nitrogen and oxygen atoms in total. The van der Waals surface area contributed by atoms with Crippen LogP contribution in [0.3, 0.4) is 0 Å². The molecule has 190 valence electrons. The smallest absolute Gasteiger partial charge is 0.250 e. The molecule has 35 heavy (non-hydrogen) atoms. The van der Waals surface area contributed by atoms with Crippen LogP contribution in [-0.2, 0) is 19.1 Å². The van der Waals surface area contributed by atoms with Crippen molar-refractivity contribution in [1.82, 2.24) is 15.1 Å². The Morgan fingerprint density at radius 2 is 1.74 bits per heavy atom. The predicted octanol–water partition coefficient (Wildman–Crippen LogP) is 2.53. The summed E-state index contributed by atoms with van der Waals surface area (Å²) in [5.41, 5.74) is 0.273. The van der Waals surface area contributed by atoms with Gasteiger partial charge >= 0.3 is 0 Å². The van der Waals surface area contributed by atoms with E-state index in [-0.39, 0.29) is 36.3 Å². The van der Waals surface area contributed by atoms with E-state index in [0.29, 0.717) is 39.1 Å². The first kappa shape index (κ1) is 24.1. The van der Waals surface area contributed by atoms with Crippen LogP contribution in [0.2, 0.25) is 0 Å². The van der Waals surface area contributed by atoms with Gasteiger partial charge in [-0.3, -0.25) is 14.4 Å². The van der Waals surface area contributed by atoms with E-state index in [9.17, 15) is 14.4 Å². The molecular weight excluding hydrogens is 444 g/mol. The first-order chi connectivity index (χ1) is 17.1. The molecule has 3 heterocycles. The van der Waals surface area contributed by atoms with Gasteiger partial charge in [-0.25, -0.2) is 0 Å². The Morgan fingerprint density at radius 1 is 1.00 bits per heavy atom. The number of anilines is 1. The number of piperidine rings is 1. The van der Waals surface area contributed by atoms with Crippen LogP contribution in [-0.4, -0.2) is 78.6 Å². The van der Waals surface area contributed by atoms with Crippen molar-refractivity contribution in [1.29, 1.82) is 0 Å². The second kappa shape index (κ2) is 10.6. The zero-order valence-electron chi connectivity index (χ0n) is 20.6. The van der Waals surface area contributed by atoms with E-state index in [0.717, 1.165) is 50.8 Å². The Hall–Kier alpha value is -2.61. The highest BCUT2D eigenvalue weighted by Crippen LogP contribution is 2.40. The number of benzene rings is 1. The molecule has 0 aromatic heterocycles. The van der Waals surface area contributed by atoms with Crippen molar-refractivity contribution in [3.05, 3.63) is 30.3 Å². The van der Waals surface area contributed by atoms with E-state index in [4.69, 9.17) is 4.74 Å². The van der Waals surface area contributed by atoms with E-state index in [1.807, 2.05) is 35.2 Å². The second-order valence-electron chi connectivity index (χ2n) is 10.5. The summed E-state index contributed by atoms with van der Waals surface area (Å²) in [6, 6.07) is 9.97. The zero-order chi connectivity index (χ0) is 24.3. The number of ether oxygens (including phenoxy) is 1. The molecule has 3 saturated heterocycles. The summed E-state index contributed by atoms with van der Waals surface area (Å²) < 4.78 is 5.60. The molecule has 1 aliphatic carbocycles. The van der Waals surface area contributed by atoms with Gasteiger partial charge in [0, 0.05) is 37.8 Å². The summed E-state index contributed by atoms with van der Waals surface area (Å²) in [5.74, 6) is 0.259. The maximum absolute atomic E-state index is 13.8. The van der Waals surface area contributed by atoms with Crippen molar-refractivity contribution in [3.8, 4) is 0 Å². The van der Waals surface area contributed by atoms with Crippen LogP contribution in [0.5, 0.6) is 0 Å². The fourth-order valence-electron chi connectivity index (χ4n) is 6.29. The minimum Gasteiger partial charge on any atom is -0.376 e. The molecule has 3 amide bonds. The minimum absolute atomic E-state index is 0.00150. The fourth-order valence-corrected chi connectivity index (χ4v) is 6.29. The normalized spacial score (nSPS) is 24.9. The minimum atomic E-state index is -0.709. The van der Waals surface area contributed by atoms with Gasteiger partial charge in [-0.15, -0.1) is 0 Å². The van der Waals surface area contributed by atoms with Gasteiger partial charge in [0.25, 0.3) is 5.91 Å². The van der Waals surface area contributed by atoms with Crippen LogP contribution < -0.4 is 10.2 Å². The van der Waals surface area contributed by atoms with Crippen LogP contribution in [0.1, 0.15) is 57.8 Å². The summed E-state index contributed by atoms with van der Waals surface area (Å²) in [7, 11) is 0. The van der Waals surface area contributed by atoms with E-state index in [1.165, 1.54) is 6.42 Å². The number of carbonyl (C=O) groups excluding carboxylic acids is 3. The molecule has 4 aliphatic rings. The molecule has 8 heteroatoms. The molecule has 1 aromatic rings. The maximum Gasteiger partial charge on any atom is 0.250 e. The lowest BCUT2D eigenvalue weighted by Gasteiger charge is -2.44. The van der Waals surface area contributed by atoms with Crippen LogP contribution in [0, 0.1) is 5.92 Å². The van der Waals surface area contributed by atoms with Crippen LogP contribution >= 0.6 is 0 Å². The third-order valence-electron chi connectivity index (χ3n) is 8.32. The Balaban J connectivity index is 1.27. The van der Waals surface area contributed by atoms with Gasteiger partial charge in [-0.2, -0.15) is 0 Å². The third-order valence-corrected chi connectivity index (χ3v) is 8.32. The molecule has 3 aliphatic heterocycles. The molecule has 1 N–H and O–H groups in total. The van der Waals surface area contributed by atoms with Gasteiger partial charge in [-0.05, 0) is 50.7 Å². The van der Waals surface area contributed by atoms with Gasteiger partial charge < -0.3 is 24.8 Å². The average Bonchev–Trinajstić information content (AvgIpc) is 3.52. The molecule has 1 spiro atoms. The number of nitrogens with one attached hydrogen (secondary N) is 1. The van der Waals surface area contributed by atoms with E-state index < -0.39 is 5.54 Å². The Morgan fingerprint density at radius 3 is 2.43 bits per heavy atom. The van der Waals surface area contributed by atoms with Gasteiger partial charge in [0.1, 0.15) is 12.1 Å². The Bertz CT molecular complexity index is 903. The number of hydrogen-bond acceptors (Lipinski definition) is 5. The van der Waals surface area contributed by atoms with Crippen molar-refractivity contribution < 1.29 is 19.1 Å². The third kappa shape index (κ3) is 5.03. The van der Waals surface area contributed by atoms with Crippen molar-refractivity contribution in [2.45, 2.75) is 69.4 Å². The molecule has 1 aromatic carbocycles. The van der Waals surface area contributed by atoms with Crippen molar-refractivity contribution in [3.63, 3.8) is 0 Å². The maximum atomic E-state index is 13.8. The van der Waals surface area contributed by atoms with Crippen molar-refractivity contribution >= 4 is 23.4 Å². The molecule has 0 bridgehead atoms. The monoisotopic (exact) mass is 482 g/mol. The van der Waals surface area contributed by atoms with Crippen molar-refractivity contribution in [2.75, 3.05) is 44.4 Å². The second-order valence-corrected chi connectivity index (χ2v) is 10.5. The average molecular weight is 483 g/mol. The number of carbonyl (C=O) groups is 3. The van der Waals surface area contributed by atoms with Gasteiger partial charge in [0.2, 0.25) is 11.8 Å². The summed E-state index contributed by atoms with van der Waals surface area (Å²) in [6.07, 6.45) is 8.73. The van der Waals surface area contributed by atoms with Crippen LogP contribution in [0.25, 0.3) is 0 Å².